The van der Waals surface area contributed by atoms with E-state index in [1.54, 1.807) is 0 Å². The van der Waals surface area contributed by atoms with Crippen LogP contribution < -0.4 is 11.1 Å². The monoisotopic (exact) mass is 236 g/mol. The predicted octanol–water partition coefficient (Wildman–Crippen LogP) is 2.03. The molecule has 1 heterocycles. The number of nitrogens with one attached hydrogen (secondary N) is 1. The first-order chi connectivity index (χ1) is 8.06. The van der Waals surface area contributed by atoms with E-state index in [4.69, 9.17) is 5.73 Å². The summed E-state index contributed by atoms with van der Waals surface area (Å²) < 4.78 is 0. The quantitative estimate of drug-likeness (QED) is 0.602. The molecule has 6 nitrogen and oxygen atoms in total. The van der Waals surface area contributed by atoms with E-state index in [1.165, 1.54) is 25.0 Å². The summed E-state index contributed by atoms with van der Waals surface area (Å²) in [4.78, 5) is 14.2. The van der Waals surface area contributed by atoms with Crippen molar-refractivity contribution in [1.29, 1.82) is 0 Å². The van der Waals surface area contributed by atoms with Crippen molar-refractivity contribution in [3.63, 3.8) is 0 Å². The Morgan fingerprint density at radius 1 is 1.65 bits per heavy atom. The van der Waals surface area contributed by atoms with Gasteiger partial charge in [0.05, 0.1) is 17.1 Å². The lowest BCUT2D eigenvalue weighted by molar-refractivity contribution is -0.384. The highest BCUT2D eigenvalue weighted by atomic mass is 16.6. The molecule has 0 saturated heterocycles. The molecular weight excluding hydrogens is 220 g/mol. The van der Waals surface area contributed by atoms with Crippen molar-refractivity contribution in [1.82, 2.24) is 4.98 Å². The molecule has 6 heteroatoms. The van der Waals surface area contributed by atoms with Gasteiger partial charge in [-0.2, -0.15) is 0 Å². The third kappa shape index (κ3) is 3.05. The Balaban J connectivity index is 2.01. The van der Waals surface area contributed by atoms with Gasteiger partial charge in [0.2, 0.25) is 0 Å². The van der Waals surface area contributed by atoms with Gasteiger partial charge in [-0.3, -0.25) is 10.1 Å². The fourth-order valence-electron chi connectivity index (χ4n) is 1.83. The standard InChI is InChI=1S/C11H16N4O2/c1-7(8-2-3-8)6-13-11-5-9(15(16)17)4-10(12)14-11/h4-5,7-8H,2-3,6H2,1H3,(H3,12,13,14). The number of nitrogens with zero attached hydrogens (tertiary/aromatic N) is 2. The number of pyridine rings is 1. The van der Waals surface area contributed by atoms with Crippen molar-refractivity contribution in [2.24, 2.45) is 11.8 Å². The number of rotatable bonds is 5. The third-order valence-electron chi connectivity index (χ3n) is 3.07. The van der Waals surface area contributed by atoms with Crippen LogP contribution in [0.5, 0.6) is 0 Å². The molecule has 1 atom stereocenters. The molecule has 0 aromatic carbocycles. The number of aromatic nitrogens is 1. The molecule has 1 saturated carbocycles. The van der Waals surface area contributed by atoms with Crippen LogP contribution in [0.3, 0.4) is 0 Å². The van der Waals surface area contributed by atoms with Crippen molar-refractivity contribution in [2.45, 2.75) is 19.8 Å². The Kier molecular flexibility index (Phi) is 3.12. The maximum atomic E-state index is 10.7. The van der Waals surface area contributed by atoms with Gasteiger partial charge in [-0.05, 0) is 24.7 Å². The van der Waals surface area contributed by atoms with Gasteiger partial charge in [0, 0.05) is 6.54 Å². The van der Waals surface area contributed by atoms with Crippen molar-refractivity contribution in [2.75, 3.05) is 17.6 Å². The topological polar surface area (TPSA) is 94.1 Å². The first-order valence-electron chi connectivity index (χ1n) is 5.72. The molecule has 1 aliphatic rings. The molecule has 1 aromatic rings. The largest absolute Gasteiger partial charge is 0.383 e. The molecule has 1 aliphatic carbocycles. The molecular formula is C11H16N4O2. The Labute approximate surface area is 99.4 Å². The molecule has 0 spiro atoms. The van der Waals surface area contributed by atoms with Crippen LogP contribution in [0, 0.1) is 22.0 Å². The third-order valence-corrected chi connectivity index (χ3v) is 3.07. The smallest absolute Gasteiger partial charge is 0.276 e. The zero-order valence-corrected chi connectivity index (χ0v) is 9.72. The second-order valence-electron chi connectivity index (χ2n) is 4.59. The van der Waals surface area contributed by atoms with Crippen molar-refractivity contribution in [3.8, 4) is 0 Å². The number of hydrogen-bond acceptors (Lipinski definition) is 5. The van der Waals surface area contributed by atoms with Crippen LogP contribution >= 0.6 is 0 Å². The zero-order valence-electron chi connectivity index (χ0n) is 9.72. The lowest BCUT2D eigenvalue weighted by atomic mass is 10.1. The van der Waals surface area contributed by atoms with Crippen molar-refractivity contribution in [3.05, 3.63) is 22.2 Å². The summed E-state index contributed by atoms with van der Waals surface area (Å²) in [5.74, 6) is 2.00. The number of hydrogen-bond donors (Lipinski definition) is 2. The molecule has 92 valence electrons. The summed E-state index contributed by atoms with van der Waals surface area (Å²) in [5.41, 5.74) is 5.49. The molecule has 1 unspecified atom stereocenters. The predicted molar refractivity (Wildman–Crippen MR) is 65.7 cm³/mol. The van der Waals surface area contributed by atoms with Gasteiger partial charge >= 0.3 is 0 Å². The van der Waals surface area contributed by atoms with Gasteiger partial charge in [-0.1, -0.05) is 6.92 Å². The average molecular weight is 236 g/mol. The van der Waals surface area contributed by atoms with Crippen molar-refractivity contribution < 1.29 is 4.92 Å². The van der Waals surface area contributed by atoms with Crippen LogP contribution in [0.4, 0.5) is 17.3 Å². The minimum absolute atomic E-state index is 0.0286. The molecule has 0 radical (unpaired) electrons. The molecule has 1 fully saturated rings. The molecule has 0 aliphatic heterocycles. The molecule has 3 N–H and O–H groups in total. The highest BCUT2D eigenvalue weighted by Crippen LogP contribution is 2.36. The number of anilines is 2. The summed E-state index contributed by atoms with van der Waals surface area (Å²) in [5, 5.41) is 13.8. The Morgan fingerprint density at radius 3 is 2.94 bits per heavy atom. The highest BCUT2D eigenvalue weighted by Gasteiger charge is 2.27. The van der Waals surface area contributed by atoms with Gasteiger partial charge < -0.3 is 11.1 Å². The van der Waals surface area contributed by atoms with Gasteiger partial charge in [0.15, 0.2) is 0 Å². The van der Waals surface area contributed by atoms with Gasteiger partial charge in [-0.25, -0.2) is 4.98 Å². The van der Waals surface area contributed by atoms with E-state index < -0.39 is 4.92 Å². The normalized spacial score (nSPS) is 16.5. The first kappa shape index (κ1) is 11.6. The van der Waals surface area contributed by atoms with Crippen LogP contribution in [0.1, 0.15) is 19.8 Å². The second-order valence-corrected chi connectivity index (χ2v) is 4.59. The van der Waals surface area contributed by atoms with E-state index in [9.17, 15) is 10.1 Å². The lowest BCUT2D eigenvalue weighted by Crippen LogP contribution is -2.14. The first-order valence-corrected chi connectivity index (χ1v) is 5.72. The molecule has 0 amide bonds. The summed E-state index contributed by atoms with van der Waals surface area (Å²) in [6.07, 6.45) is 2.57. The maximum absolute atomic E-state index is 10.7. The van der Waals surface area contributed by atoms with E-state index in [1.807, 2.05) is 0 Å². The highest BCUT2D eigenvalue weighted by molar-refractivity contribution is 5.52. The fraction of sp³-hybridized carbons (Fsp3) is 0.545. The van der Waals surface area contributed by atoms with E-state index in [-0.39, 0.29) is 11.5 Å². The molecule has 2 rings (SSSR count). The Morgan fingerprint density at radius 2 is 2.35 bits per heavy atom. The van der Waals surface area contributed by atoms with Crippen LogP contribution in [0.2, 0.25) is 0 Å². The minimum Gasteiger partial charge on any atom is -0.383 e. The molecule has 1 aromatic heterocycles. The van der Waals surface area contributed by atoms with E-state index in [0.29, 0.717) is 11.7 Å². The van der Waals surface area contributed by atoms with Gasteiger partial charge in [0.25, 0.3) is 5.69 Å². The number of nitro groups is 1. The minimum atomic E-state index is -0.465. The van der Waals surface area contributed by atoms with Crippen LogP contribution in [-0.4, -0.2) is 16.5 Å². The SMILES string of the molecule is CC(CNc1cc([N+](=O)[O-])cc(N)n1)C1CC1. The van der Waals surface area contributed by atoms with E-state index in [2.05, 4.69) is 17.2 Å². The van der Waals surface area contributed by atoms with Crippen LogP contribution in [-0.2, 0) is 0 Å². The Hall–Kier alpha value is -1.85. The summed E-state index contributed by atoms with van der Waals surface area (Å²) in [6.45, 7) is 2.95. The summed E-state index contributed by atoms with van der Waals surface area (Å²) >= 11 is 0. The van der Waals surface area contributed by atoms with Gasteiger partial charge in [-0.15, -0.1) is 0 Å². The van der Waals surface area contributed by atoms with Crippen molar-refractivity contribution >= 4 is 17.3 Å². The summed E-state index contributed by atoms with van der Waals surface area (Å²) in [6, 6.07) is 2.67. The second kappa shape index (κ2) is 4.57. The van der Waals surface area contributed by atoms with Gasteiger partial charge in [0.1, 0.15) is 11.6 Å². The number of nitrogens with two attached hydrogens (primary N) is 1. The molecule has 0 bridgehead atoms. The summed E-state index contributed by atoms with van der Waals surface area (Å²) in [7, 11) is 0. The lowest BCUT2D eigenvalue weighted by Gasteiger charge is -2.11. The van der Waals surface area contributed by atoms with Crippen LogP contribution in [0.15, 0.2) is 12.1 Å². The number of nitrogen functional groups attached to an aromatic ring is 1. The fourth-order valence-corrected chi connectivity index (χ4v) is 1.83. The average Bonchev–Trinajstić information content (AvgIpc) is 3.08. The van der Waals surface area contributed by atoms with E-state index in [0.717, 1.165) is 12.5 Å². The van der Waals surface area contributed by atoms with Crippen LogP contribution in [0.25, 0.3) is 0 Å². The molecule has 17 heavy (non-hydrogen) atoms. The maximum Gasteiger partial charge on any atom is 0.276 e. The van der Waals surface area contributed by atoms with E-state index >= 15 is 0 Å². The zero-order chi connectivity index (χ0) is 12.4. The Bertz CT molecular complexity index is 431.